The maximum absolute atomic E-state index is 12.8. The van der Waals surface area contributed by atoms with Gasteiger partial charge in [-0.05, 0) is 25.8 Å². The number of rotatable bonds is 10. The van der Waals surface area contributed by atoms with Gasteiger partial charge in [0.05, 0.1) is 19.4 Å². The second-order valence-corrected chi connectivity index (χ2v) is 4.49. The third-order valence-corrected chi connectivity index (χ3v) is 2.68. The molecule has 0 radical (unpaired) electrons. The Labute approximate surface area is 127 Å². The van der Waals surface area contributed by atoms with Crippen molar-refractivity contribution in [2.45, 2.75) is 31.5 Å². The van der Waals surface area contributed by atoms with Gasteiger partial charge in [0, 0.05) is 20.3 Å². The second-order valence-electron chi connectivity index (χ2n) is 4.49. The van der Waals surface area contributed by atoms with E-state index in [0.29, 0.717) is 25.6 Å². The zero-order valence-corrected chi connectivity index (χ0v) is 12.7. The molecular formula is C13H23F3N2O4. The highest BCUT2D eigenvalue weighted by atomic mass is 19.4. The van der Waals surface area contributed by atoms with E-state index in [1.54, 1.807) is 14.0 Å². The summed E-state index contributed by atoms with van der Waals surface area (Å²) in [5.41, 5.74) is -3.18. The van der Waals surface area contributed by atoms with Crippen molar-refractivity contribution in [1.29, 1.82) is 0 Å². The molecule has 0 bridgehead atoms. The van der Waals surface area contributed by atoms with Gasteiger partial charge in [-0.25, -0.2) is 4.79 Å². The molecule has 0 rings (SSSR count). The average Bonchev–Trinajstić information content (AvgIpc) is 2.44. The van der Waals surface area contributed by atoms with Crippen molar-refractivity contribution in [2.24, 2.45) is 0 Å². The highest BCUT2D eigenvalue weighted by Crippen LogP contribution is 2.31. The number of aliphatic hydroxyl groups is 1. The van der Waals surface area contributed by atoms with Crippen LogP contribution in [0.2, 0.25) is 0 Å². The molecule has 0 saturated heterocycles. The summed E-state index contributed by atoms with van der Waals surface area (Å²) >= 11 is 0. The van der Waals surface area contributed by atoms with Crippen LogP contribution < -0.4 is 10.6 Å². The first-order valence-electron chi connectivity index (χ1n) is 6.86. The number of carbonyl (C=O) groups is 1. The molecule has 22 heavy (non-hydrogen) atoms. The number of nitrogens with one attached hydrogen (secondary N) is 2. The molecule has 0 spiro atoms. The smallest absolute Gasteiger partial charge is 0.422 e. The fourth-order valence-corrected chi connectivity index (χ4v) is 1.36. The minimum Gasteiger partial charge on any atom is -0.502 e. The first kappa shape index (κ1) is 20.5. The van der Waals surface area contributed by atoms with Gasteiger partial charge in [-0.3, -0.25) is 0 Å². The number of alkyl halides is 3. The van der Waals surface area contributed by atoms with Crippen LogP contribution in [0.1, 0.15) is 19.8 Å². The second kappa shape index (κ2) is 10.3. The van der Waals surface area contributed by atoms with Gasteiger partial charge in [0.1, 0.15) is 0 Å². The Balaban J connectivity index is 4.31. The molecule has 2 amide bonds. The van der Waals surface area contributed by atoms with Gasteiger partial charge in [-0.2, -0.15) is 13.2 Å². The third kappa shape index (κ3) is 8.08. The van der Waals surface area contributed by atoms with Gasteiger partial charge in [0.2, 0.25) is 0 Å². The fraction of sp³-hybridized carbons (Fsp3) is 0.769. The van der Waals surface area contributed by atoms with Gasteiger partial charge < -0.3 is 25.2 Å². The Hall–Kier alpha value is -1.48. The van der Waals surface area contributed by atoms with Crippen LogP contribution in [0.15, 0.2) is 12.3 Å². The lowest BCUT2D eigenvalue weighted by Gasteiger charge is -2.27. The summed E-state index contributed by atoms with van der Waals surface area (Å²) in [5.74, 6) is 0. The highest BCUT2D eigenvalue weighted by molar-refractivity contribution is 5.73. The van der Waals surface area contributed by atoms with Gasteiger partial charge in [0.25, 0.3) is 0 Å². The summed E-state index contributed by atoms with van der Waals surface area (Å²) < 4.78 is 48.0. The van der Waals surface area contributed by atoms with Crippen molar-refractivity contribution in [1.82, 2.24) is 10.6 Å². The van der Waals surface area contributed by atoms with E-state index in [0.717, 1.165) is 12.7 Å². The summed E-state index contributed by atoms with van der Waals surface area (Å²) in [6, 6.07) is -0.787. The SMILES string of the molecule is CCOC=CC(O)(CNC(=O)NCCCCOC)C(F)(F)F. The number of amides is 2. The molecule has 0 saturated carbocycles. The van der Waals surface area contributed by atoms with E-state index < -0.39 is 24.4 Å². The summed E-state index contributed by atoms with van der Waals surface area (Å²) in [6.45, 7) is 1.59. The van der Waals surface area contributed by atoms with E-state index in [-0.39, 0.29) is 6.61 Å². The summed E-state index contributed by atoms with van der Waals surface area (Å²) in [6.07, 6.45) is -2.35. The quantitative estimate of drug-likeness (QED) is 0.420. The Bertz CT molecular complexity index is 351. The molecule has 0 aromatic carbocycles. The third-order valence-electron chi connectivity index (χ3n) is 2.68. The van der Waals surface area contributed by atoms with Gasteiger partial charge in [-0.15, -0.1) is 0 Å². The molecule has 0 aliphatic carbocycles. The van der Waals surface area contributed by atoms with Crippen molar-refractivity contribution in [3.05, 3.63) is 12.3 Å². The van der Waals surface area contributed by atoms with E-state index >= 15 is 0 Å². The zero-order valence-electron chi connectivity index (χ0n) is 12.7. The normalized spacial score (nSPS) is 14.6. The number of halogens is 3. The Morgan fingerprint density at radius 1 is 1.27 bits per heavy atom. The van der Waals surface area contributed by atoms with Crippen molar-refractivity contribution >= 4 is 6.03 Å². The molecule has 0 aromatic heterocycles. The molecule has 3 N–H and O–H groups in total. The molecule has 6 nitrogen and oxygen atoms in total. The number of unbranched alkanes of at least 4 members (excludes halogenated alkanes) is 1. The monoisotopic (exact) mass is 328 g/mol. The number of methoxy groups -OCH3 is 1. The highest BCUT2D eigenvalue weighted by Gasteiger charge is 2.52. The Morgan fingerprint density at radius 3 is 2.50 bits per heavy atom. The number of carbonyl (C=O) groups excluding carboxylic acids is 1. The van der Waals surface area contributed by atoms with Crippen LogP contribution in [0.5, 0.6) is 0 Å². The van der Waals surface area contributed by atoms with E-state index in [1.165, 1.54) is 0 Å². The lowest BCUT2D eigenvalue weighted by atomic mass is 10.0. The van der Waals surface area contributed by atoms with Crippen molar-refractivity contribution < 1.29 is 32.5 Å². The molecule has 0 heterocycles. The van der Waals surface area contributed by atoms with Crippen LogP contribution in [0, 0.1) is 0 Å². The van der Waals surface area contributed by atoms with E-state index in [4.69, 9.17) is 4.74 Å². The molecule has 0 fully saturated rings. The standard InChI is InChI=1S/C13H23F3N2O4/c1-3-22-9-6-12(20,13(14,15)16)10-18-11(19)17-7-4-5-8-21-2/h6,9,20H,3-5,7-8,10H2,1-2H3,(H2,17,18,19). The zero-order chi connectivity index (χ0) is 17.1. The maximum atomic E-state index is 12.8. The van der Waals surface area contributed by atoms with Gasteiger partial charge >= 0.3 is 12.2 Å². The summed E-state index contributed by atoms with van der Waals surface area (Å²) in [5, 5.41) is 14.0. The molecule has 1 atom stereocenters. The summed E-state index contributed by atoms with van der Waals surface area (Å²) in [4.78, 5) is 11.4. The predicted octanol–water partition coefficient (Wildman–Crippen LogP) is 1.56. The molecule has 1 unspecified atom stereocenters. The lowest BCUT2D eigenvalue weighted by Crippen LogP contribution is -2.53. The first-order chi connectivity index (χ1) is 10.3. The van der Waals surface area contributed by atoms with Crippen molar-refractivity contribution in [3.63, 3.8) is 0 Å². The minimum atomic E-state index is -4.94. The van der Waals surface area contributed by atoms with Gasteiger partial charge in [0.15, 0.2) is 5.60 Å². The predicted molar refractivity (Wildman–Crippen MR) is 74.3 cm³/mol. The molecular weight excluding hydrogens is 305 g/mol. The number of ether oxygens (including phenoxy) is 2. The van der Waals surface area contributed by atoms with Crippen LogP contribution in [0.4, 0.5) is 18.0 Å². The Kier molecular flexibility index (Phi) is 9.59. The Morgan fingerprint density at radius 2 is 1.95 bits per heavy atom. The number of hydrogen-bond donors (Lipinski definition) is 3. The topological polar surface area (TPSA) is 79.8 Å². The van der Waals surface area contributed by atoms with Gasteiger partial charge in [-0.1, -0.05) is 0 Å². The molecule has 0 aromatic rings. The van der Waals surface area contributed by atoms with Crippen LogP contribution in [-0.2, 0) is 9.47 Å². The first-order valence-corrected chi connectivity index (χ1v) is 6.86. The van der Waals surface area contributed by atoms with E-state index in [9.17, 15) is 23.1 Å². The van der Waals surface area contributed by atoms with E-state index in [2.05, 4.69) is 10.1 Å². The fourth-order valence-electron chi connectivity index (χ4n) is 1.36. The largest absolute Gasteiger partial charge is 0.502 e. The average molecular weight is 328 g/mol. The van der Waals surface area contributed by atoms with E-state index in [1.807, 2.05) is 5.32 Å². The summed E-state index contributed by atoms with van der Waals surface area (Å²) in [7, 11) is 1.55. The van der Waals surface area contributed by atoms with Crippen LogP contribution >= 0.6 is 0 Å². The van der Waals surface area contributed by atoms with Crippen LogP contribution in [-0.4, -0.2) is 56.3 Å². The minimum absolute atomic E-state index is 0.166. The molecule has 9 heteroatoms. The maximum Gasteiger partial charge on any atom is 0.422 e. The number of hydrogen-bond acceptors (Lipinski definition) is 4. The molecule has 0 aliphatic heterocycles. The van der Waals surface area contributed by atoms with Crippen molar-refractivity contribution in [2.75, 3.05) is 33.4 Å². The lowest BCUT2D eigenvalue weighted by molar-refractivity contribution is -0.237. The van der Waals surface area contributed by atoms with Crippen LogP contribution in [0.3, 0.4) is 0 Å². The molecule has 0 aliphatic rings. The van der Waals surface area contributed by atoms with Crippen LogP contribution in [0.25, 0.3) is 0 Å². The van der Waals surface area contributed by atoms with Crippen molar-refractivity contribution in [3.8, 4) is 0 Å². The molecule has 130 valence electrons. The number of urea groups is 1.